The van der Waals surface area contributed by atoms with Crippen LogP contribution in [0.5, 0.6) is 5.75 Å². The van der Waals surface area contributed by atoms with E-state index in [0.29, 0.717) is 26.6 Å². The molecule has 4 nitrogen and oxygen atoms in total. The first-order chi connectivity index (χ1) is 11.9. The van der Waals surface area contributed by atoms with Crippen molar-refractivity contribution in [2.75, 3.05) is 7.11 Å². The van der Waals surface area contributed by atoms with Crippen molar-refractivity contribution in [1.29, 1.82) is 0 Å². The third-order valence-electron chi connectivity index (χ3n) is 3.83. The van der Waals surface area contributed by atoms with Crippen LogP contribution in [0.2, 0.25) is 0 Å². The summed E-state index contributed by atoms with van der Waals surface area (Å²) in [6.07, 6.45) is 7.72. The Bertz CT molecular complexity index is 819. The van der Waals surface area contributed by atoms with Crippen LogP contribution in [-0.2, 0) is 0 Å². The zero-order valence-electron chi connectivity index (χ0n) is 14.3. The van der Waals surface area contributed by atoms with Gasteiger partial charge in [0.25, 0.3) is 0 Å². The Labute approximate surface area is 153 Å². The summed E-state index contributed by atoms with van der Waals surface area (Å²) in [4.78, 5) is 16.9. The van der Waals surface area contributed by atoms with Gasteiger partial charge in [0.15, 0.2) is 0 Å². The molecule has 0 saturated carbocycles. The van der Waals surface area contributed by atoms with E-state index in [1.54, 1.807) is 37.4 Å². The molecule has 0 fully saturated rings. The third-order valence-corrected chi connectivity index (χ3v) is 6.24. The average molecular weight is 401 g/mol. The predicted molar refractivity (Wildman–Crippen MR) is 97.2 cm³/mol. The third kappa shape index (κ3) is 4.61. The number of amides is 1. The van der Waals surface area contributed by atoms with Gasteiger partial charge >= 0.3 is 154 Å². The molecule has 1 aromatic carbocycles. The van der Waals surface area contributed by atoms with Gasteiger partial charge in [-0.1, -0.05) is 0 Å². The first kappa shape index (κ1) is 19.0. The fraction of sp³-hybridized carbons (Fsp3) is 0.263. The summed E-state index contributed by atoms with van der Waals surface area (Å²) in [5, 5.41) is 2.85. The van der Waals surface area contributed by atoms with Crippen LogP contribution in [0.4, 0.5) is 4.39 Å². The van der Waals surface area contributed by atoms with Gasteiger partial charge in [-0.25, -0.2) is 0 Å². The van der Waals surface area contributed by atoms with Crippen molar-refractivity contribution in [2.45, 2.75) is 25.8 Å². The zero-order valence-corrected chi connectivity index (χ0v) is 16.2. The molecule has 1 amide bonds. The van der Waals surface area contributed by atoms with Crippen LogP contribution in [0.15, 0.2) is 36.5 Å². The van der Waals surface area contributed by atoms with E-state index in [1.807, 2.05) is 6.92 Å². The number of aromatic nitrogens is 1. The van der Waals surface area contributed by atoms with Crippen molar-refractivity contribution >= 4 is 30.5 Å². The summed E-state index contributed by atoms with van der Waals surface area (Å²) in [5.41, 5.74) is -0.318. The second-order valence-electron chi connectivity index (χ2n) is 5.59. The standard InChI is InChI=1S/C19H19AsFN2O2/c1-5-19(3,6-2)23-18(24)14-8-7-11-22-17(14)20-15-12-13(25-4)9-10-16(15)21/h1,7-12H,6H2,2-4H3,(H,23,24)/t19-/m1/s1. The molecule has 25 heavy (non-hydrogen) atoms. The normalized spacial score (nSPS) is 13.2. The molecule has 1 aromatic heterocycles. The van der Waals surface area contributed by atoms with E-state index >= 15 is 0 Å². The molecule has 1 atom stereocenters. The Morgan fingerprint density at radius 3 is 2.88 bits per heavy atom. The van der Waals surface area contributed by atoms with E-state index in [4.69, 9.17) is 11.2 Å². The van der Waals surface area contributed by atoms with Crippen LogP contribution < -0.4 is 18.9 Å². The van der Waals surface area contributed by atoms with Crippen molar-refractivity contribution in [3.05, 3.63) is 47.9 Å². The summed E-state index contributed by atoms with van der Waals surface area (Å²) in [6.45, 7) is 3.69. The maximum absolute atomic E-state index is 14.1. The number of carbonyl (C=O) groups excluding carboxylic acids is 1. The van der Waals surface area contributed by atoms with E-state index in [9.17, 15) is 9.18 Å². The van der Waals surface area contributed by atoms with Crippen LogP contribution in [0, 0.1) is 18.2 Å². The number of ether oxygens (including phenoxy) is 1. The van der Waals surface area contributed by atoms with Gasteiger partial charge in [-0.3, -0.25) is 0 Å². The summed E-state index contributed by atoms with van der Waals surface area (Å²) < 4.78 is 20.3. The molecule has 0 aliphatic rings. The number of carbonyl (C=O) groups is 1. The Hall–Kier alpha value is -2.31. The summed E-state index contributed by atoms with van der Waals surface area (Å²) in [5.74, 6) is 2.53. The Morgan fingerprint density at radius 2 is 2.24 bits per heavy atom. The van der Waals surface area contributed by atoms with Gasteiger partial charge < -0.3 is 0 Å². The van der Waals surface area contributed by atoms with Crippen LogP contribution in [0.25, 0.3) is 0 Å². The molecule has 0 spiro atoms. The number of benzene rings is 1. The second kappa shape index (κ2) is 8.18. The van der Waals surface area contributed by atoms with Crippen molar-refractivity contribution < 1.29 is 13.9 Å². The van der Waals surface area contributed by atoms with Crippen LogP contribution in [0.1, 0.15) is 30.6 Å². The summed E-state index contributed by atoms with van der Waals surface area (Å²) in [6, 6.07) is 7.92. The monoisotopic (exact) mass is 401 g/mol. The van der Waals surface area contributed by atoms with Gasteiger partial charge in [0.1, 0.15) is 0 Å². The van der Waals surface area contributed by atoms with Gasteiger partial charge in [-0.15, -0.1) is 0 Å². The number of hydrogen-bond donors (Lipinski definition) is 1. The molecule has 0 unspecified atom stereocenters. The van der Waals surface area contributed by atoms with Gasteiger partial charge in [-0.05, 0) is 0 Å². The molecule has 2 aromatic rings. The minimum absolute atomic E-state index is 0.302. The van der Waals surface area contributed by atoms with Gasteiger partial charge in [0.05, 0.1) is 0 Å². The zero-order chi connectivity index (χ0) is 18.4. The quantitative estimate of drug-likeness (QED) is 0.589. The molecule has 1 N–H and O–H groups in total. The Kier molecular flexibility index (Phi) is 6.22. The number of halogens is 1. The van der Waals surface area contributed by atoms with Crippen LogP contribution >= 0.6 is 0 Å². The SMILES string of the molecule is C#C[C@](C)(CC)NC(=O)c1cccnc1[As]c1cc(OC)ccc1F. The molecule has 1 heterocycles. The number of terminal acetylenes is 1. The van der Waals surface area contributed by atoms with Gasteiger partial charge in [0.2, 0.25) is 0 Å². The fourth-order valence-electron chi connectivity index (χ4n) is 2.03. The van der Waals surface area contributed by atoms with E-state index in [1.165, 1.54) is 13.2 Å². The van der Waals surface area contributed by atoms with Crippen molar-refractivity contribution in [2.24, 2.45) is 0 Å². The number of nitrogens with zero attached hydrogens (tertiary/aromatic N) is 1. The second-order valence-corrected chi connectivity index (χ2v) is 7.96. The van der Waals surface area contributed by atoms with Crippen LogP contribution in [0.3, 0.4) is 0 Å². The molecule has 6 heteroatoms. The predicted octanol–water partition coefficient (Wildman–Crippen LogP) is 1.42. The molecular weight excluding hydrogens is 382 g/mol. The molecule has 0 aliphatic carbocycles. The first-order valence-corrected chi connectivity index (χ1v) is 9.60. The fourth-order valence-corrected chi connectivity index (χ4v) is 4.17. The minimum atomic E-state index is -0.828. The molecular formula is C19H19AsFN2O2. The van der Waals surface area contributed by atoms with Gasteiger partial charge in [-0.2, -0.15) is 0 Å². The first-order valence-electron chi connectivity index (χ1n) is 7.73. The molecule has 0 aliphatic heterocycles. The number of rotatable bonds is 6. The van der Waals surface area contributed by atoms with Crippen LogP contribution in [-0.4, -0.2) is 39.3 Å². The van der Waals surface area contributed by atoms with E-state index in [2.05, 4.69) is 16.2 Å². The Morgan fingerprint density at radius 1 is 1.48 bits per heavy atom. The van der Waals surface area contributed by atoms with Gasteiger partial charge in [0, 0.05) is 0 Å². The topological polar surface area (TPSA) is 51.2 Å². The summed E-state index contributed by atoms with van der Waals surface area (Å²) >= 11 is -0.828. The van der Waals surface area contributed by atoms with Crippen molar-refractivity contribution in [1.82, 2.24) is 10.3 Å². The Balaban J connectivity index is 2.33. The molecule has 2 rings (SSSR count). The number of nitrogens with one attached hydrogen (secondary N) is 1. The van der Waals surface area contributed by atoms with E-state index in [0.717, 1.165) is 0 Å². The average Bonchev–Trinajstić information content (AvgIpc) is 2.63. The number of methoxy groups -OCH3 is 1. The number of pyridine rings is 1. The molecule has 129 valence electrons. The molecule has 1 radical (unpaired) electrons. The summed E-state index contributed by atoms with van der Waals surface area (Å²) in [7, 11) is 1.53. The van der Waals surface area contributed by atoms with Crippen molar-refractivity contribution in [3.63, 3.8) is 0 Å². The van der Waals surface area contributed by atoms with Crippen molar-refractivity contribution in [3.8, 4) is 18.1 Å². The molecule has 0 saturated heterocycles. The van der Waals surface area contributed by atoms with E-state index in [-0.39, 0.29) is 11.7 Å². The van der Waals surface area contributed by atoms with E-state index < -0.39 is 21.3 Å². The number of hydrogen-bond acceptors (Lipinski definition) is 3. The maximum atomic E-state index is 14.1. The molecule has 0 bridgehead atoms.